The highest BCUT2D eigenvalue weighted by molar-refractivity contribution is 5.88. The summed E-state index contributed by atoms with van der Waals surface area (Å²) in [6.45, 7) is 8.90. The summed E-state index contributed by atoms with van der Waals surface area (Å²) in [5.74, 6) is 1.15. The molecule has 8 nitrogen and oxygen atoms in total. The number of aryl methyl sites for hydroxylation is 1. The summed E-state index contributed by atoms with van der Waals surface area (Å²) in [7, 11) is 0. The first-order valence-corrected chi connectivity index (χ1v) is 11.0. The molecule has 2 aromatic rings. The summed E-state index contributed by atoms with van der Waals surface area (Å²) in [6.07, 6.45) is 8.19. The minimum Gasteiger partial charge on any atom is -0.356 e. The number of fused-ring (bicyclic) bond motifs is 1. The average molecular weight is 401 g/mol. The number of nitrogens with one attached hydrogen (secondary N) is 1. The predicted molar refractivity (Wildman–Crippen MR) is 112 cm³/mol. The lowest BCUT2D eigenvalue weighted by Crippen LogP contribution is -2.42. The van der Waals surface area contributed by atoms with Crippen molar-refractivity contribution in [1.29, 1.82) is 0 Å². The number of likely N-dealkylation sites (tertiary alicyclic amines) is 1. The number of carbonyl (C=O) groups is 1. The first-order chi connectivity index (χ1) is 14.1. The second-order valence-electron chi connectivity index (χ2n) is 8.43. The van der Waals surface area contributed by atoms with Crippen LogP contribution in [0.5, 0.6) is 0 Å². The molecule has 0 radical (unpaired) electrons. The third-order valence-corrected chi connectivity index (χ3v) is 6.45. The van der Waals surface area contributed by atoms with E-state index in [4.69, 9.17) is 4.52 Å². The van der Waals surface area contributed by atoms with Gasteiger partial charge in [0.05, 0.1) is 5.69 Å². The third kappa shape index (κ3) is 4.52. The van der Waals surface area contributed by atoms with Gasteiger partial charge in [-0.1, -0.05) is 11.6 Å². The molecule has 0 spiro atoms. The van der Waals surface area contributed by atoms with Crippen LogP contribution in [0.25, 0.3) is 11.1 Å². The Kier molecular flexibility index (Phi) is 6.28. The van der Waals surface area contributed by atoms with E-state index < -0.39 is 0 Å². The zero-order valence-corrected chi connectivity index (χ0v) is 17.6. The Labute approximate surface area is 172 Å². The van der Waals surface area contributed by atoms with Gasteiger partial charge >= 0.3 is 0 Å². The largest absolute Gasteiger partial charge is 0.356 e. The molecule has 2 fully saturated rings. The van der Waals surface area contributed by atoms with Crippen LogP contribution in [0.4, 0.5) is 5.82 Å². The van der Waals surface area contributed by atoms with Crippen LogP contribution in [0.15, 0.2) is 10.9 Å². The molecule has 2 aliphatic heterocycles. The first-order valence-electron chi connectivity index (χ1n) is 11.0. The Balaban J connectivity index is 1.23. The van der Waals surface area contributed by atoms with Crippen LogP contribution in [0, 0.1) is 12.8 Å². The number of nitrogens with zero attached hydrogens (tertiary/aromatic N) is 5. The molecular weight excluding hydrogens is 368 g/mol. The van der Waals surface area contributed by atoms with Gasteiger partial charge in [0.1, 0.15) is 17.5 Å². The molecule has 158 valence electrons. The average Bonchev–Trinajstić information content (AvgIpc) is 3.13. The molecule has 0 saturated carbocycles. The highest BCUT2D eigenvalue weighted by atomic mass is 16.5. The minimum absolute atomic E-state index is 0.0843. The zero-order chi connectivity index (χ0) is 20.2. The fourth-order valence-electron chi connectivity index (χ4n) is 4.62. The maximum atomic E-state index is 12.6. The van der Waals surface area contributed by atoms with Crippen LogP contribution >= 0.6 is 0 Å². The van der Waals surface area contributed by atoms with Gasteiger partial charge in [-0.05, 0) is 52.5 Å². The van der Waals surface area contributed by atoms with E-state index >= 15 is 0 Å². The summed E-state index contributed by atoms with van der Waals surface area (Å²) in [5.41, 5.74) is 1.33. The first kappa shape index (κ1) is 20.1. The molecule has 4 heterocycles. The minimum atomic E-state index is 0.0843. The van der Waals surface area contributed by atoms with E-state index in [2.05, 4.69) is 37.2 Å². The normalized spacial score (nSPS) is 21.6. The van der Waals surface area contributed by atoms with Crippen molar-refractivity contribution in [3.05, 3.63) is 12.0 Å². The van der Waals surface area contributed by atoms with Crippen molar-refractivity contribution < 1.29 is 9.32 Å². The molecule has 0 aliphatic carbocycles. The molecule has 2 aromatic heterocycles. The maximum Gasteiger partial charge on any atom is 0.263 e. The van der Waals surface area contributed by atoms with E-state index in [0.29, 0.717) is 11.8 Å². The highest BCUT2D eigenvalue weighted by Crippen LogP contribution is 2.29. The van der Waals surface area contributed by atoms with Gasteiger partial charge in [-0.15, -0.1) is 0 Å². The van der Waals surface area contributed by atoms with Crippen molar-refractivity contribution >= 4 is 22.8 Å². The van der Waals surface area contributed by atoms with E-state index in [9.17, 15) is 4.79 Å². The molecule has 0 bridgehead atoms. The van der Waals surface area contributed by atoms with E-state index in [1.54, 1.807) is 0 Å². The molecule has 8 heteroatoms. The molecule has 2 saturated heterocycles. The van der Waals surface area contributed by atoms with Crippen LogP contribution < -0.4 is 10.2 Å². The molecule has 4 rings (SSSR count). The van der Waals surface area contributed by atoms with Gasteiger partial charge in [0.25, 0.3) is 5.71 Å². The molecule has 0 aromatic carbocycles. The van der Waals surface area contributed by atoms with Crippen molar-refractivity contribution in [3.63, 3.8) is 0 Å². The van der Waals surface area contributed by atoms with Crippen LogP contribution in [0.1, 0.15) is 51.1 Å². The second-order valence-corrected chi connectivity index (χ2v) is 8.43. The van der Waals surface area contributed by atoms with Crippen molar-refractivity contribution in [2.24, 2.45) is 5.92 Å². The van der Waals surface area contributed by atoms with Gasteiger partial charge < -0.3 is 19.6 Å². The van der Waals surface area contributed by atoms with E-state index in [1.807, 2.05) is 6.92 Å². The molecular formula is C21H32N6O2. The second kappa shape index (κ2) is 9.07. The smallest absolute Gasteiger partial charge is 0.263 e. The van der Waals surface area contributed by atoms with Gasteiger partial charge in [0, 0.05) is 38.1 Å². The summed E-state index contributed by atoms with van der Waals surface area (Å²) in [5, 5.41) is 8.04. The van der Waals surface area contributed by atoms with Crippen LogP contribution in [0.2, 0.25) is 0 Å². The lowest BCUT2D eigenvalue weighted by molar-refractivity contribution is -0.125. The standard InChI is InChI=1S/C21H32N6O2/c1-15-6-3-4-10-26(15)11-5-9-22-20(28)17-7-12-27(13-8-17)19-18-16(2)25-29-21(18)24-14-23-19/h14-15,17H,3-13H2,1-2H3,(H,22,28)/t15-/m1/s1. The molecule has 2 aliphatic rings. The van der Waals surface area contributed by atoms with Crippen molar-refractivity contribution in [2.45, 2.75) is 58.4 Å². The van der Waals surface area contributed by atoms with Gasteiger partial charge in [-0.25, -0.2) is 4.98 Å². The molecule has 1 atom stereocenters. The van der Waals surface area contributed by atoms with Crippen molar-refractivity contribution in [3.8, 4) is 0 Å². The SMILES string of the molecule is Cc1noc2ncnc(N3CCC(C(=O)NCCCN4CCCC[C@H]4C)CC3)c12. The zero-order valence-electron chi connectivity index (χ0n) is 17.6. The number of piperidine rings is 2. The molecule has 1 N–H and O–H groups in total. The van der Waals surface area contributed by atoms with Crippen LogP contribution in [-0.4, -0.2) is 64.7 Å². The quantitative estimate of drug-likeness (QED) is 0.746. The van der Waals surface area contributed by atoms with Gasteiger partial charge in [0.2, 0.25) is 5.91 Å². The summed E-state index contributed by atoms with van der Waals surface area (Å²) in [6, 6.07) is 0.686. The number of amides is 1. The lowest BCUT2D eigenvalue weighted by atomic mass is 9.95. The number of aromatic nitrogens is 3. The fourth-order valence-corrected chi connectivity index (χ4v) is 4.62. The number of carbonyl (C=O) groups excluding carboxylic acids is 1. The summed E-state index contributed by atoms with van der Waals surface area (Å²) in [4.78, 5) is 26.0. The monoisotopic (exact) mass is 400 g/mol. The Morgan fingerprint density at radius 1 is 1.21 bits per heavy atom. The number of hydrogen-bond donors (Lipinski definition) is 1. The molecule has 29 heavy (non-hydrogen) atoms. The Morgan fingerprint density at radius 2 is 2.03 bits per heavy atom. The molecule has 0 unspecified atom stereocenters. The topological polar surface area (TPSA) is 87.4 Å². The number of rotatable bonds is 6. The van der Waals surface area contributed by atoms with Crippen LogP contribution in [-0.2, 0) is 4.79 Å². The predicted octanol–water partition coefficient (Wildman–Crippen LogP) is 2.52. The van der Waals surface area contributed by atoms with E-state index in [1.165, 1.54) is 32.1 Å². The maximum absolute atomic E-state index is 12.6. The summed E-state index contributed by atoms with van der Waals surface area (Å²) < 4.78 is 5.25. The van der Waals surface area contributed by atoms with Crippen LogP contribution in [0.3, 0.4) is 0 Å². The number of anilines is 1. The Hall–Kier alpha value is -2.22. The van der Waals surface area contributed by atoms with Crippen molar-refractivity contribution in [1.82, 2.24) is 25.3 Å². The van der Waals surface area contributed by atoms with Gasteiger partial charge in [-0.2, -0.15) is 4.98 Å². The van der Waals surface area contributed by atoms with E-state index in [0.717, 1.165) is 62.3 Å². The van der Waals surface area contributed by atoms with Gasteiger partial charge in [-0.3, -0.25) is 4.79 Å². The Bertz CT molecular complexity index is 830. The number of hydrogen-bond acceptors (Lipinski definition) is 7. The van der Waals surface area contributed by atoms with Crippen molar-refractivity contribution in [2.75, 3.05) is 37.6 Å². The summed E-state index contributed by atoms with van der Waals surface area (Å²) >= 11 is 0. The van der Waals surface area contributed by atoms with E-state index in [-0.39, 0.29) is 11.8 Å². The third-order valence-electron chi connectivity index (χ3n) is 6.45. The molecule has 1 amide bonds. The highest BCUT2D eigenvalue weighted by Gasteiger charge is 2.27. The Morgan fingerprint density at radius 3 is 2.83 bits per heavy atom. The van der Waals surface area contributed by atoms with Gasteiger partial charge in [0.15, 0.2) is 0 Å². The fraction of sp³-hybridized carbons (Fsp3) is 0.714. The lowest BCUT2D eigenvalue weighted by Gasteiger charge is -2.33.